The highest BCUT2D eigenvalue weighted by molar-refractivity contribution is 5.78. The maximum Gasteiger partial charge on any atom is 0.135 e. The second kappa shape index (κ2) is 10.2. The van der Waals surface area contributed by atoms with Gasteiger partial charge in [0.1, 0.15) is 5.78 Å². The number of rotatable bonds is 10. The minimum Gasteiger partial charge on any atom is -0.381 e. The predicted octanol–water partition coefficient (Wildman–Crippen LogP) is 5.04. The quantitative estimate of drug-likeness (QED) is 0.605. The first-order valence-electron chi connectivity index (χ1n) is 8.72. The largest absolute Gasteiger partial charge is 0.381 e. The topological polar surface area (TPSA) is 26.3 Å². The van der Waals surface area contributed by atoms with Gasteiger partial charge >= 0.3 is 0 Å². The van der Waals surface area contributed by atoms with E-state index < -0.39 is 0 Å². The molecule has 2 nitrogen and oxygen atoms in total. The fraction of sp³-hybridized carbons (Fsp3) is 0.476. The molecule has 0 radical (unpaired) electrons. The van der Waals surface area contributed by atoms with Crippen molar-refractivity contribution in [2.75, 3.05) is 7.11 Å². The van der Waals surface area contributed by atoms with Crippen LogP contribution in [0.2, 0.25) is 0 Å². The van der Waals surface area contributed by atoms with Crippen LogP contribution < -0.4 is 0 Å². The van der Waals surface area contributed by atoms with Gasteiger partial charge in [-0.3, -0.25) is 4.79 Å². The zero-order valence-corrected chi connectivity index (χ0v) is 14.2. The number of carbonyl (C=O) groups is 1. The van der Waals surface area contributed by atoms with Gasteiger partial charge in [0.25, 0.3) is 0 Å². The van der Waals surface area contributed by atoms with E-state index in [0.717, 1.165) is 38.5 Å². The first-order chi connectivity index (χ1) is 11.3. The van der Waals surface area contributed by atoms with Gasteiger partial charge in [0.15, 0.2) is 0 Å². The van der Waals surface area contributed by atoms with Crippen molar-refractivity contribution in [2.45, 2.75) is 57.5 Å². The zero-order chi connectivity index (χ0) is 16.3. The molecule has 0 saturated heterocycles. The molecule has 0 aromatic heterocycles. The van der Waals surface area contributed by atoms with Gasteiger partial charge in [-0.25, -0.2) is 0 Å². The van der Waals surface area contributed by atoms with Crippen LogP contribution in [0.25, 0.3) is 0 Å². The molecule has 0 fully saturated rings. The molecule has 2 rings (SSSR count). The number of hydrogen-bond acceptors (Lipinski definition) is 2. The van der Waals surface area contributed by atoms with Gasteiger partial charge in [0, 0.05) is 20.0 Å². The molecule has 1 unspecified atom stereocenters. The highest BCUT2D eigenvalue weighted by Gasteiger charge is 2.13. The van der Waals surface area contributed by atoms with Gasteiger partial charge in [-0.15, -0.1) is 0 Å². The lowest BCUT2D eigenvalue weighted by Crippen LogP contribution is -2.16. The molecule has 124 valence electrons. The van der Waals surface area contributed by atoms with E-state index >= 15 is 0 Å². The monoisotopic (exact) mass is 312 g/mol. The molecule has 23 heavy (non-hydrogen) atoms. The zero-order valence-electron chi connectivity index (χ0n) is 14.2. The third-order valence-electron chi connectivity index (χ3n) is 4.38. The second-order valence-corrected chi connectivity index (χ2v) is 6.24. The summed E-state index contributed by atoms with van der Waals surface area (Å²) in [5.41, 5.74) is 2.69. The van der Waals surface area contributed by atoms with Crippen LogP contribution in [0.3, 0.4) is 0 Å². The molecule has 0 aliphatic heterocycles. The average Bonchev–Trinajstić information content (AvgIpc) is 2.60. The Labute approximate surface area is 140 Å². The summed E-state index contributed by atoms with van der Waals surface area (Å²) in [7, 11) is 1.72. The summed E-state index contributed by atoms with van der Waals surface area (Å²) in [6, 6.07) is 10.4. The van der Waals surface area contributed by atoms with E-state index in [1.54, 1.807) is 7.11 Å². The molecule has 0 bridgehead atoms. The van der Waals surface area contributed by atoms with Gasteiger partial charge < -0.3 is 4.74 Å². The Bertz CT molecular complexity index is 528. The maximum absolute atomic E-state index is 12.1. The molecular weight excluding hydrogens is 284 g/mol. The molecule has 0 heterocycles. The average molecular weight is 312 g/mol. The van der Waals surface area contributed by atoms with Gasteiger partial charge in [-0.1, -0.05) is 54.1 Å². The molecular formula is C21H28O2. The van der Waals surface area contributed by atoms with Crippen molar-refractivity contribution in [1.82, 2.24) is 0 Å². The van der Waals surface area contributed by atoms with Crippen LogP contribution in [-0.4, -0.2) is 19.0 Å². The van der Waals surface area contributed by atoms with E-state index in [1.807, 2.05) is 18.2 Å². The number of benzene rings is 1. The molecule has 1 aliphatic rings. The van der Waals surface area contributed by atoms with Crippen molar-refractivity contribution < 1.29 is 9.53 Å². The maximum atomic E-state index is 12.1. The summed E-state index contributed by atoms with van der Waals surface area (Å²) in [5, 5.41) is 0. The second-order valence-electron chi connectivity index (χ2n) is 6.24. The lowest BCUT2D eigenvalue weighted by Gasteiger charge is -2.15. The van der Waals surface area contributed by atoms with Crippen LogP contribution in [0, 0.1) is 0 Å². The van der Waals surface area contributed by atoms with Crippen molar-refractivity contribution >= 4 is 5.78 Å². The first kappa shape index (κ1) is 17.7. The Hall–Kier alpha value is -1.67. The predicted molar refractivity (Wildman–Crippen MR) is 95.5 cm³/mol. The van der Waals surface area contributed by atoms with E-state index in [4.69, 9.17) is 4.74 Å². The number of hydrogen-bond donors (Lipinski definition) is 0. The Morgan fingerprint density at radius 3 is 2.70 bits per heavy atom. The first-order valence-corrected chi connectivity index (χ1v) is 8.72. The van der Waals surface area contributed by atoms with Crippen LogP contribution >= 0.6 is 0 Å². The highest BCUT2D eigenvalue weighted by Crippen LogP contribution is 2.18. The van der Waals surface area contributed by atoms with E-state index in [-0.39, 0.29) is 6.10 Å². The number of carbonyl (C=O) groups excluding carboxylic acids is 1. The molecule has 0 spiro atoms. The number of allylic oxidation sites excluding steroid dienone is 4. The summed E-state index contributed by atoms with van der Waals surface area (Å²) < 4.78 is 5.50. The SMILES string of the molecule is COC(CCC1=CCCC=C1)CC(=O)CCCc1ccccc1. The van der Waals surface area contributed by atoms with Crippen molar-refractivity contribution in [3.8, 4) is 0 Å². The Morgan fingerprint density at radius 2 is 2.00 bits per heavy atom. The van der Waals surface area contributed by atoms with Gasteiger partial charge in [0.2, 0.25) is 0 Å². The Morgan fingerprint density at radius 1 is 1.17 bits per heavy atom. The number of Topliss-reactive ketones (excluding diaryl/α,β-unsaturated/α-hetero) is 1. The minimum atomic E-state index is 0.0513. The summed E-state index contributed by atoms with van der Waals surface area (Å²) in [6.45, 7) is 0. The van der Waals surface area contributed by atoms with Gasteiger partial charge in [-0.2, -0.15) is 0 Å². The molecule has 0 N–H and O–H groups in total. The molecule has 1 aromatic rings. The number of aryl methyl sites for hydroxylation is 1. The molecule has 1 atom stereocenters. The van der Waals surface area contributed by atoms with Crippen molar-refractivity contribution in [2.24, 2.45) is 0 Å². The molecule has 1 aromatic carbocycles. The number of methoxy groups -OCH3 is 1. The summed E-state index contributed by atoms with van der Waals surface area (Å²) in [6.07, 6.45) is 14.1. The van der Waals surface area contributed by atoms with Crippen LogP contribution in [0.4, 0.5) is 0 Å². The third-order valence-corrected chi connectivity index (χ3v) is 4.38. The lowest BCUT2D eigenvalue weighted by atomic mass is 9.97. The summed E-state index contributed by atoms with van der Waals surface area (Å²) in [5.74, 6) is 0.320. The van der Waals surface area contributed by atoms with Crippen molar-refractivity contribution in [1.29, 1.82) is 0 Å². The van der Waals surface area contributed by atoms with E-state index in [2.05, 4.69) is 30.4 Å². The van der Waals surface area contributed by atoms with Crippen molar-refractivity contribution in [3.63, 3.8) is 0 Å². The number of ether oxygens (including phenoxy) is 1. The van der Waals surface area contributed by atoms with Crippen LogP contribution in [0.15, 0.2) is 54.1 Å². The fourth-order valence-electron chi connectivity index (χ4n) is 2.97. The fourth-order valence-corrected chi connectivity index (χ4v) is 2.97. The molecule has 0 saturated carbocycles. The lowest BCUT2D eigenvalue weighted by molar-refractivity contribution is -0.121. The minimum absolute atomic E-state index is 0.0513. The van der Waals surface area contributed by atoms with E-state index in [9.17, 15) is 4.79 Å². The van der Waals surface area contributed by atoms with Crippen LogP contribution in [0.5, 0.6) is 0 Å². The Balaban J connectivity index is 1.65. The van der Waals surface area contributed by atoms with Gasteiger partial charge in [-0.05, 0) is 44.1 Å². The highest BCUT2D eigenvalue weighted by atomic mass is 16.5. The van der Waals surface area contributed by atoms with Crippen LogP contribution in [0.1, 0.15) is 50.5 Å². The standard InChI is InChI=1S/C21H28O2/c1-23-21(16-15-19-11-6-3-7-12-19)17-20(22)14-8-13-18-9-4-2-5-10-18/h2,4-6,9-12,21H,3,7-8,13-17H2,1H3. The van der Waals surface area contributed by atoms with E-state index in [0.29, 0.717) is 18.6 Å². The normalized spacial score (nSPS) is 15.3. The van der Waals surface area contributed by atoms with Gasteiger partial charge in [0.05, 0.1) is 6.10 Å². The number of ketones is 1. The Kier molecular flexibility index (Phi) is 7.82. The van der Waals surface area contributed by atoms with E-state index in [1.165, 1.54) is 11.1 Å². The summed E-state index contributed by atoms with van der Waals surface area (Å²) in [4.78, 5) is 12.1. The smallest absolute Gasteiger partial charge is 0.135 e. The van der Waals surface area contributed by atoms with Crippen LogP contribution in [-0.2, 0) is 16.0 Å². The summed E-state index contributed by atoms with van der Waals surface area (Å²) >= 11 is 0. The molecule has 2 heteroatoms. The van der Waals surface area contributed by atoms with Crippen molar-refractivity contribution in [3.05, 3.63) is 59.7 Å². The third kappa shape index (κ3) is 6.96. The molecule has 1 aliphatic carbocycles. The molecule has 0 amide bonds.